The monoisotopic (exact) mass is 300 g/mol. The third kappa shape index (κ3) is 2.43. The number of rotatable bonds is 4. The molecule has 2 aromatic heterocycles. The van der Waals surface area contributed by atoms with Gasteiger partial charge in [-0.3, -0.25) is 0 Å². The maximum absolute atomic E-state index is 5.58. The molecular formula is C15H16N4OS. The third-order valence-corrected chi connectivity index (χ3v) is 4.27. The second-order valence-electron chi connectivity index (χ2n) is 4.54. The Labute approximate surface area is 126 Å². The van der Waals surface area contributed by atoms with Crippen molar-refractivity contribution in [1.29, 1.82) is 0 Å². The highest BCUT2D eigenvalue weighted by molar-refractivity contribution is 7.19. The molecule has 0 atom stereocenters. The molecule has 21 heavy (non-hydrogen) atoms. The summed E-state index contributed by atoms with van der Waals surface area (Å²) in [6.45, 7) is 4.72. The Bertz CT molecular complexity index is 767. The molecule has 108 valence electrons. The highest BCUT2D eigenvalue weighted by Gasteiger charge is 2.16. The number of nitrogens with two attached hydrogens (primary N) is 1. The molecule has 3 N–H and O–H groups in total. The molecule has 2 heterocycles. The maximum Gasteiger partial charge on any atom is 0.152 e. The van der Waals surface area contributed by atoms with Gasteiger partial charge in [0.05, 0.1) is 12.0 Å². The van der Waals surface area contributed by atoms with Crippen LogP contribution in [0, 0.1) is 6.92 Å². The summed E-state index contributed by atoms with van der Waals surface area (Å²) in [5, 5.41) is 0.964. The number of ether oxygens (including phenoxy) is 1. The second kappa shape index (κ2) is 5.67. The molecule has 0 aliphatic heterocycles. The molecule has 1 aromatic carbocycles. The van der Waals surface area contributed by atoms with Crippen LogP contribution < -0.4 is 16.0 Å². The number of anilines is 1. The Hall–Kier alpha value is -2.18. The summed E-state index contributed by atoms with van der Waals surface area (Å²) in [7, 11) is 0. The fraction of sp³-hybridized carbons (Fsp3) is 0.200. The van der Waals surface area contributed by atoms with Crippen LogP contribution in [0.4, 0.5) is 5.82 Å². The molecule has 0 fully saturated rings. The van der Waals surface area contributed by atoms with E-state index in [-0.39, 0.29) is 0 Å². The van der Waals surface area contributed by atoms with E-state index < -0.39 is 0 Å². The van der Waals surface area contributed by atoms with Gasteiger partial charge in [0.2, 0.25) is 0 Å². The van der Waals surface area contributed by atoms with Crippen molar-refractivity contribution < 1.29 is 4.74 Å². The summed E-state index contributed by atoms with van der Waals surface area (Å²) in [4.78, 5) is 10.7. The molecule has 5 nitrogen and oxygen atoms in total. The standard InChI is InChI=1S/C15H16N4OS/c1-3-20-11-6-4-10(5-7-11)12-9(2)21-15-13(12)14(19-16)17-8-18-15/h4-8H,3,16H2,1-2H3,(H,17,18,19). The van der Waals surface area contributed by atoms with Gasteiger partial charge in [0, 0.05) is 10.4 Å². The van der Waals surface area contributed by atoms with Gasteiger partial charge in [0.25, 0.3) is 0 Å². The molecule has 0 saturated heterocycles. The predicted octanol–water partition coefficient (Wildman–Crippen LogP) is 3.35. The van der Waals surface area contributed by atoms with Crippen molar-refractivity contribution in [3.63, 3.8) is 0 Å². The average Bonchev–Trinajstić information content (AvgIpc) is 2.84. The van der Waals surface area contributed by atoms with Crippen molar-refractivity contribution in [3.05, 3.63) is 35.5 Å². The number of benzene rings is 1. The second-order valence-corrected chi connectivity index (χ2v) is 5.74. The van der Waals surface area contributed by atoms with Crippen molar-refractivity contribution in [2.75, 3.05) is 12.0 Å². The summed E-state index contributed by atoms with van der Waals surface area (Å²) >= 11 is 1.64. The number of hydrazine groups is 1. The van der Waals surface area contributed by atoms with Gasteiger partial charge >= 0.3 is 0 Å². The molecule has 0 aliphatic rings. The molecule has 0 radical (unpaired) electrons. The van der Waals surface area contributed by atoms with E-state index in [1.807, 2.05) is 31.2 Å². The van der Waals surface area contributed by atoms with Gasteiger partial charge in [-0.1, -0.05) is 12.1 Å². The summed E-state index contributed by atoms with van der Waals surface area (Å²) < 4.78 is 5.49. The summed E-state index contributed by atoms with van der Waals surface area (Å²) in [5.74, 6) is 7.09. The van der Waals surface area contributed by atoms with E-state index in [9.17, 15) is 0 Å². The number of hydrogen-bond acceptors (Lipinski definition) is 6. The van der Waals surface area contributed by atoms with Crippen LogP contribution >= 0.6 is 11.3 Å². The molecule has 6 heteroatoms. The van der Waals surface area contributed by atoms with E-state index in [0.717, 1.165) is 27.1 Å². The third-order valence-electron chi connectivity index (χ3n) is 3.26. The normalized spacial score (nSPS) is 10.8. The van der Waals surface area contributed by atoms with Crippen molar-refractivity contribution in [3.8, 4) is 16.9 Å². The van der Waals surface area contributed by atoms with Crippen LogP contribution in [0.25, 0.3) is 21.3 Å². The van der Waals surface area contributed by atoms with Crippen LogP contribution in [0.1, 0.15) is 11.8 Å². The zero-order valence-corrected chi connectivity index (χ0v) is 12.7. The Balaban J connectivity index is 2.17. The first-order chi connectivity index (χ1) is 10.2. The Morgan fingerprint density at radius 3 is 2.67 bits per heavy atom. The minimum absolute atomic E-state index is 0.647. The topological polar surface area (TPSA) is 73.1 Å². The lowest BCUT2D eigenvalue weighted by Crippen LogP contribution is -2.09. The van der Waals surface area contributed by atoms with E-state index in [1.54, 1.807) is 11.3 Å². The molecule has 3 rings (SSSR count). The van der Waals surface area contributed by atoms with Crippen LogP contribution in [0.3, 0.4) is 0 Å². The van der Waals surface area contributed by atoms with Gasteiger partial charge in [-0.15, -0.1) is 11.3 Å². The molecular weight excluding hydrogens is 284 g/mol. The van der Waals surface area contributed by atoms with Gasteiger partial charge in [0.1, 0.15) is 16.9 Å². The van der Waals surface area contributed by atoms with Crippen molar-refractivity contribution in [2.45, 2.75) is 13.8 Å². The SMILES string of the molecule is CCOc1ccc(-c2c(C)sc3ncnc(NN)c23)cc1. The fourth-order valence-corrected chi connectivity index (χ4v) is 3.40. The largest absolute Gasteiger partial charge is 0.494 e. The number of nitrogens with one attached hydrogen (secondary N) is 1. The van der Waals surface area contributed by atoms with Crippen LogP contribution in [0.2, 0.25) is 0 Å². The number of aryl methyl sites for hydroxylation is 1. The number of hydrogen-bond donors (Lipinski definition) is 2. The molecule has 0 bridgehead atoms. The smallest absolute Gasteiger partial charge is 0.152 e. The van der Waals surface area contributed by atoms with Gasteiger partial charge in [-0.05, 0) is 31.5 Å². The Morgan fingerprint density at radius 1 is 1.24 bits per heavy atom. The van der Waals surface area contributed by atoms with Gasteiger partial charge in [-0.2, -0.15) is 0 Å². The number of thiophene rings is 1. The van der Waals surface area contributed by atoms with Crippen molar-refractivity contribution in [2.24, 2.45) is 5.84 Å². The van der Waals surface area contributed by atoms with Gasteiger partial charge in [-0.25, -0.2) is 15.8 Å². The average molecular weight is 300 g/mol. The van der Waals surface area contributed by atoms with Gasteiger partial charge < -0.3 is 10.2 Å². The zero-order valence-electron chi connectivity index (χ0n) is 11.9. The zero-order chi connectivity index (χ0) is 14.8. The van der Waals surface area contributed by atoms with Crippen molar-refractivity contribution >= 4 is 27.4 Å². The number of nitrogens with zero attached hydrogens (tertiary/aromatic N) is 2. The predicted molar refractivity (Wildman–Crippen MR) is 86.6 cm³/mol. The summed E-state index contributed by atoms with van der Waals surface area (Å²) in [6, 6.07) is 8.04. The van der Waals surface area contributed by atoms with E-state index in [1.165, 1.54) is 11.2 Å². The molecule has 3 aromatic rings. The quantitative estimate of drug-likeness (QED) is 0.571. The minimum atomic E-state index is 0.647. The molecule has 0 unspecified atom stereocenters. The molecule has 0 aliphatic carbocycles. The molecule has 0 saturated carbocycles. The number of nitrogen functional groups attached to an aromatic ring is 1. The van der Waals surface area contributed by atoms with E-state index in [2.05, 4.69) is 22.3 Å². The van der Waals surface area contributed by atoms with Crippen LogP contribution in [0.15, 0.2) is 30.6 Å². The summed E-state index contributed by atoms with van der Waals surface area (Å²) in [5.41, 5.74) is 4.88. The highest BCUT2D eigenvalue weighted by atomic mass is 32.1. The maximum atomic E-state index is 5.58. The number of aromatic nitrogens is 2. The Morgan fingerprint density at radius 2 is 2.00 bits per heavy atom. The molecule has 0 spiro atoms. The first kappa shape index (κ1) is 13.8. The lowest BCUT2D eigenvalue weighted by molar-refractivity contribution is 0.340. The van der Waals surface area contributed by atoms with Gasteiger partial charge in [0.15, 0.2) is 5.82 Å². The lowest BCUT2D eigenvalue weighted by Gasteiger charge is -2.07. The molecule has 0 amide bonds. The first-order valence-electron chi connectivity index (χ1n) is 6.68. The van der Waals surface area contributed by atoms with Crippen LogP contribution in [-0.4, -0.2) is 16.6 Å². The lowest BCUT2D eigenvalue weighted by atomic mass is 10.0. The fourth-order valence-electron chi connectivity index (χ4n) is 2.39. The highest BCUT2D eigenvalue weighted by Crippen LogP contribution is 2.40. The van der Waals surface area contributed by atoms with E-state index >= 15 is 0 Å². The number of fused-ring (bicyclic) bond motifs is 1. The van der Waals surface area contributed by atoms with Crippen molar-refractivity contribution in [1.82, 2.24) is 9.97 Å². The van der Waals surface area contributed by atoms with Crippen LogP contribution in [-0.2, 0) is 0 Å². The minimum Gasteiger partial charge on any atom is -0.494 e. The van der Waals surface area contributed by atoms with E-state index in [0.29, 0.717) is 12.4 Å². The van der Waals surface area contributed by atoms with E-state index in [4.69, 9.17) is 10.6 Å². The first-order valence-corrected chi connectivity index (χ1v) is 7.50. The Kier molecular flexibility index (Phi) is 3.72. The summed E-state index contributed by atoms with van der Waals surface area (Å²) in [6.07, 6.45) is 1.52. The van der Waals surface area contributed by atoms with Crippen LogP contribution in [0.5, 0.6) is 5.75 Å².